The van der Waals surface area contributed by atoms with Crippen molar-refractivity contribution >= 4 is 17.9 Å². The number of hydrogen-bond acceptors (Lipinski definition) is 3. The molecule has 0 N–H and O–H groups in total. The van der Waals surface area contributed by atoms with Crippen LogP contribution in [-0.4, -0.2) is 25.8 Å². The number of aryl methyl sites for hydroxylation is 1. The van der Waals surface area contributed by atoms with Gasteiger partial charge in [-0.2, -0.15) is 10.2 Å². The van der Waals surface area contributed by atoms with E-state index in [4.69, 9.17) is 11.6 Å². The van der Waals surface area contributed by atoms with Crippen molar-refractivity contribution in [3.05, 3.63) is 53.4 Å². The Morgan fingerprint density at radius 1 is 1.33 bits per heavy atom. The lowest BCUT2D eigenvalue weighted by Gasteiger charge is -2.00. The number of benzene rings is 1. The number of carbonyl (C=O) groups is 1. The molecule has 2 heterocycles. The third-order valence-corrected chi connectivity index (χ3v) is 3.41. The molecule has 0 atom stereocenters. The summed E-state index contributed by atoms with van der Waals surface area (Å²) in [6, 6.07) is 7.31. The van der Waals surface area contributed by atoms with E-state index < -0.39 is 0 Å². The van der Waals surface area contributed by atoms with Gasteiger partial charge in [-0.25, -0.2) is 4.68 Å². The van der Waals surface area contributed by atoms with E-state index in [1.54, 1.807) is 33.9 Å². The Morgan fingerprint density at radius 2 is 2.19 bits per heavy atom. The Hall–Kier alpha value is -2.40. The molecule has 0 radical (unpaired) electrons. The van der Waals surface area contributed by atoms with Gasteiger partial charge in [0, 0.05) is 29.5 Å². The SMILES string of the molecule is CCn1cc(-c2nn(-c3cccc(Cl)c3)cc2C=O)cn1. The Balaban J connectivity index is 2.08. The van der Waals surface area contributed by atoms with Crippen LogP contribution in [0.5, 0.6) is 0 Å². The Morgan fingerprint density at radius 3 is 2.86 bits per heavy atom. The van der Waals surface area contributed by atoms with Crippen LogP contribution < -0.4 is 0 Å². The van der Waals surface area contributed by atoms with Crippen molar-refractivity contribution in [1.29, 1.82) is 0 Å². The maximum absolute atomic E-state index is 11.3. The van der Waals surface area contributed by atoms with Crippen molar-refractivity contribution in [2.45, 2.75) is 13.5 Å². The number of aromatic nitrogens is 4. The van der Waals surface area contributed by atoms with Crippen LogP contribution in [0.15, 0.2) is 42.9 Å². The summed E-state index contributed by atoms with van der Waals surface area (Å²) >= 11 is 5.99. The molecule has 5 nitrogen and oxygen atoms in total. The summed E-state index contributed by atoms with van der Waals surface area (Å²) in [6.45, 7) is 2.77. The van der Waals surface area contributed by atoms with Crippen molar-refractivity contribution in [2.75, 3.05) is 0 Å². The van der Waals surface area contributed by atoms with E-state index in [1.165, 1.54) is 0 Å². The summed E-state index contributed by atoms with van der Waals surface area (Å²) in [7, 11) is 0. The van der Waals surface area contributed by atoms with Gasteiger partial charge in [0.2, 0.25) is 0 Å². The molecular weight excluding hydrogens is 288 g/mol. The number of hydrogen-bond donors (Lipinski definition) is 0. The van der Waals surface area contributed by atoms with Crippen LogP contribution in [0, 0.1) is 0 Å². The first-order valence-corrected chi connectivity index (χ1v) is 6.92. The molecular formula is C15H13ClN4O. The standard InChI is InChI=1S/C15H13ClN4O/c1-2-19-8-11(7-17-19)15-12(10-21)9-20(18-15)14-5-3-4-13(16)6-14/h3-10H,2H2,1H3. The Labute approximate surface area is 126 Å². The highest BCUT2D eigenvalue weighted by molar-refractivity contribution is 6.30. The minimum absolute atomic E-state index is 0.519. The summed E-state index contributed by atoms with van der Waals surface area (Å²) in [4.78, 5) is 11.3. The second-order valence-corrected chi connectivity index (χ2v) is 5.00. The van der Waals surface area contributed by atoms with Crippen molar-refractivity contribution in [1.82, 2.24) is 19.6 Å². The van der Waals surface area contributed by atoms with Gasteiger partial charge >= 0.3 is 0 Å². The third-order valence-electron chi connectivity index (χ3n) is 3.17. The van der Waals surface area contributed by atoms with E-state index in [-0.39, 0.29) is 0 Å². The molecule has 0 saturated carbocycles. The summed E-state index contributed by atoms with van der Waals surface area (Å²) in [5.41, 5.74) is 2.76. The van der Waals surface area contributed by atoms with E-state index >= 15 is 0 Å². The molecule has 2 aromatic heterocycles. The van der Waals surface area contributed by atoms with E-state index in [2.05, 4.69) is 10.2 Å². The van der Waals surface area contributed by atoms with Crippen LogP contribution >= 0.6 is 11.6 Å². The van der Waals surface area contributed by atoms with Crippen LogP contribution in [0.1, 0.15) is 17.3 Å². The fourth-order valence-electron chi connectivity index (χ4n) is 2.11. The molecule has 0 amide bonds. The first-order chi connectivity index (χ1) is 10.2. The lowest BCUT2D eigenvalue weighted by atomic mass is 10.2. The second kappa shape index (κ2) is 5.54. The normalized spacial score (nSPS) is 10.8. The van der Waals surface area contributed by atoms with E-state index in [0.29, 0.717) is 16.3 Å². The predicted octanol–water partition coefficient (Wildman–Crippen LogP) is 3.22. The quantitative estimate of drug-likeness (QED) is 0.695. The second-order valence-electron chi connectivity index (χ2n) is 4.56. The van der Waals surface area contributed by atoms with Crippen LogP contribution in [0.3, 0.4) is 0 Å². The topological polar surface area (TPSA) is 52.7 Å². The predicted molar refractivity (Wildman–Crippen MR) is 80.9 cm³/mol. The van der Waals surface area contributed by atoms with Gasteiger partial charge in [-0.15, -0.1) is 0 Å². The molecule has 0 aliphatic heterocycles. The zero-order valence-corrected chi connectivity index (χ0v) is 12.2. The molecule has 0 saturated heterocycles. The smallest absolute Gasteiger partial charge is 0.153 e. The van der Waals surface area contributed by atoms with Crippen molar-refractivity contribution in [3.8, 4) is 16.9 Å². The molecule has 106 valence electrons. The minimum atomic E-state index is 0.519. The lowest BCUT2D eigenvalue weighted by Crippen LogP contribution is -1.94. The summed E-state index contributed by atoms with van der Waals surface area (Å²) in [6.07, 6.45) is 6.07. The van der Waals surface area contributed by atoms with Crippen molar-refractivity contribution < 1.29 is 4.79 Å². The molecule has 1 aromatic carbocycles. The van der Waals surface area contributed by atoms with Gasteiger partial charge in [-0.1, -0.05) is 17.7 Å². The lowest BCUT2D eigenvalue weighted by molar-refractivity contribution is 0.112. The summed E-state index contributed by atoms with van der Waals surface area (Å²) in [5, 5.41) is 9.32. The fourth-order valence-corrected chi connectivity index (χ4v) is 2.29. The molecule has 3 aromatic rings. The zero-order valence-electron chi connectivity index (χ0n) is 11.4. The molecule has 21 heavy (non-hydrogen) atoms. The highest BCUT2D eigenvalue weighted by Gasteiger charge is 2.13. The van der Waals surface area contributed by atoms with Gasteiger partial charge in [0.1, 0.15) is 5.69 Å². The third kappa shape index (κ3) is 2.60. The molecule has 0 unspecified atom stereocenters. The van der Waals surface area contributed by atoms with Gasteiger partial charge in [0.15, 0.2) is 6.29 Å². The zero-order chi connectivity index (χ0) is 14.8. The summed E-state index contributed by atoms with van der Waals surface area (Å²) in [5.74, 6) is 0. The largest absolute Gasteiger partial charge is 0.298 e. The number of aldehydes is 1. The van der Waals surface area contributed by atoms with Gasteiger partial charge < -0.3 is 0 Å². The van der Waals surface area contributed by atoms with E-state index in [9.17, 15) is 4.79 Å². The minimum Gasteiger partial charge on any atom is -0.298 e. The van der Waals surface area contributed by atoms with Crippen LogP contribution in [0.2, 0.25) is 5.02 Å². The van der Waals surface area contributed by atoms with Crippen LogP contribution in [0.4, 0.5) is 0 Å². The Kier molecular flexibility index (Phi) is 3.58. The van der Waals surface area contributed by atoms with Gasteiger partial charge in [0.05, 0.1) is 17.4 Å². The first-order valence-electron chi connectivity index (χ1n) is 6.55. The molecule has 0 bridgehead atoms. The van der Waals surface area contributed by atoms with Gasteiger partial charge in [0.25, 0.3) is 0 Å². The van der Waals surface area contributed by atoms with Gasteiger partial charge in [-0.3, -0.25) is 9.48 Å². The number of carbonyl (C=O) groups excluding carboxylic acids is 1. The van der Waals surface area contributed by atoms with Gasteiger partial charge in [-0.05, 0) is 25.1 Å². The van der Waals surface area contributed by atoms with Crippen LogP contribution in [0.25, 0.3) is 16.9 Å². The maximum Gasteiger partial charge on any atom is 0.153 e. The molecule has 0 aliphatic rings. The number of halogens is 1. The van der Waals surface area contributed by atoms with Crippen molar-refractivity contribution in [2.24, 2.45) is 0 Å². The number of rotatable bonds is 4. The molecule has 0 spiro atoms. The van der Waals surface area contributed by atoms with Crippen LogP contribution in [-0.2, 0) is 6.54 Å². The highest BCUT2D eigenvalue weighted by Crippen LogP contribution is 2.23. The maximum atomic E-state index is 11.3. The highest BCUT2D eigenvalue weighted by atomic mass is 35.5. The monoisotopic (exact) mass is 300 g/mol. The Bertz CT molecular complexity index is 791. The van der Waals surface area contributed by atoms with E-state index in [0.717, 1.165) is 24.1 Å². The molecule has 3 rings (SSSR count). The van der Waals surface area contributed by atoms with Crippen molar-refractivity contribution in [3.63, 3.8) is 0 Å². The average Bonchev–Trinajstić information content (AvgIpc) is 3.13. The molecule has 0 fully saturated rings. The number of nitrogens with zero attached hydrogens (tertiary/aromatic N) is 4. The first kappa shape index (κ1) is 13.6. The average molecular weight is 301 g/mol. The van der Waals surface area contributed by atoms with E-state index in [1.807, 2.05) is 25.3 Å². The molecule has 6 heteroatoms. The fraction of sp³-hybridized carbons (Fsp3) is 0.133. The molecule has 0 aliphatic carbocycles. The summed E-state index contributed by atoms with van der Waals surface area (Å²) < 4.78 is 3.44.